The Kier molecular flexibility index (Phi) is 5.54. The second-order valence-electron chi connectivity index (χ2n) is 7.01. The van der Waals surface area contributed by atoms with Gasteiger partial charge in [-0.15, -0.1) is 21.2 Å². The SMILES string of the molecule is Cn1cc(C(C)(CNC(=O)c2cnn(-c3ccc(F)cc3F)n2)c2nc(Cl)cs2)cn1. The van der Waals surface area contributed by atoms with Gasteiger partial charge in [0.05, 0.1) is 17.8 Å². The number of rotatable bonds is 6. The maximum absolute atomic E-state index is 14.0. The van der Waals surface area contributed by atoms with Crippen LogP contribution in [-0.2, 0) is 12.5 Å². The number of amides is 1. The maximum atomic E-state index is 14.0. The minimum Gasteiger partial charge on any atom is -0.349 e. The molecular formula is C19H16ClF2N7OS. The first kappa shape index (κ1) is 21.1. The zero-order chi connectivity index (χ0) is 22.2. The number of aromatic nitrogens is 6. The largest absolute Gasteiger partial charge is 0.349 e. The van der Waals surface area contributed by atoms with Gasteiger partial charge in [0.1, 0.15) is 21.7 Å². The first-order valence-electron chi connectivity index (χ1n) is 9.03. The Labute approximate surface area is 184 Å². The molecular weight excluding hydrogens is 448 g/mol. The quantitative estimate of drug-likeness (QED) is 0.474. The molecule has 4 rings (SSSR count). The van der Waals surface area contributed by atoms with Crippen molar-refractivity contribution in [1.82, 2.24) is 35.1 Å². The van der Waals surface area contributed by atoms with E-state index < -0.39 is 23.0 Å². The number of carbonyl (C=O) groups excluding carboxylic acids is 1. The van der Waals surface area contributed by atoms with Crippen LogP contribution < -0.4 is 5.32 Å². The van der Waals surface area contributed by atoms with Crippen molar-refractivity contribution < 1.29 is 13.6 Å². The summed E-state index contributed by atoms with van der Waals surface area (Å²) in [6.45, 7) is 2.10. The van der Waals surface area contributed by atoms with Gasteiger partial charge in [-0.1, -0.05) is 11.6 Å². The zero-order valence-electron chi connectivity index (χ0n) is 16.4. The lowest BCUT2D eigenvalue weighted by Gasteiger charge is -2.26. The summed E-state index contributed by atoms with van der Waals surface area (Å²) >= 11 is 7.39. The number of benzene rings is 1. The minimum atomic E-state index is -0.840. The number of hydrogen-bond donors (Lipinski definition) is 1. The van der Waals surface area contributed by atoms with Crippen molar-refractivity contribution >= 4 is 28.8 Å². The summed E-state index contributed by atoms with van der Waals surface area (Å²) in [5.74, 6) is -2.07. The van der Waals surface area contributed by atoms with E-state index in [0.717, 1.165) is 22.5 Å². The van der Waals surface area contributed by atoms with Crippen LogP contribution in [0, 0.1) is 11.6 Å². The topological polar surface area (TPSA) is 90.5 Å². The molecule has 12 heteroatoms. The lowest BCUT2D eigenvalue weighted by molar-refractivity contribution is 0.0942. The predicted octanol–water partition coefficient (Wildman–Crippen LogP) is 3.12. The number of carbonyl (C=O) groups is 1. The summed E-state index contributed by atoms with van der Waals surface area (Å²) in [5, 5.41) is 17.7. The summed E-state index contributed by atoms with van der Waals surface area (Å²) in [6, 6.07) is 3.00. The summed E-state index contributed by atoms with van der Waals surface area (Å²) in [5.41, 5.74) is 0.0618. The van der Waals surface area contributed by atoms with E-state index in [0.29, 0.717) is 10.2 Å². The van der Waals surface area contributed by atoms with Crippen molar-refractivity contribution in [3.05, 3.63) is 75.2 Å². The average Bonchev–Trinajstić information content (AvgIpc) is 3.47. The lowest BCUT2D eigenvalue weighted by atomic mass is 9.85. The van der Waals surface area contributed by atoms with Gasteiger partial charge in [0.25, 0.3) is 5.91 Å². The summed E-state index contributed by atoms with van der Waals surface area (Å²) < 4.78 is 28.7. The molecule has 0 radical (unpaired) electrons. The average molecular weight is 464 g/mol. The molecule has 160 valence electrons. The van der Waals surface area contributed by atoms with Gasteiger partial charge in [-0.2, -0.15) is 10.2 Å². The van der Waals surface area contributed by atoms with Crippen molar-refractivity contribution in [2.45, 2.75) is 12.3 Å². The Hall–Kier alpha value is -3.18. The zero-order valence-corrected chi connectivity index (χ0v) is 18.0. The number of halogens is 3. The first-order chi connectivity index (χ1) is 14.8. The molecule has 0 saturated carbocycles. The van der Waals surface area contributed by atoms with Crippen LogP contribution in [0.5, 0.6) is 0 Å². The fourth-order valence-corrected chi connectivity index (χ4v) is 4.12. The fraction of sp³-hybridized carbons (Fsp3) is 0.211. The highest BCUT2D eigenvalue weighted by molar-refractivity contribution is 7.10. The molecule has 0 spiro atoms. The van der Waals surface area contributed by atoms with Crippen LogP contribution in [-0.4, -0.2) is 42.2 Å². The van der Waals surface area contributed by atoms with Crippen LogP contribution in [0.2, 0.25) is 5.15 Å². The number of aryl methyl sites for hydroxylation is 1. The molecule has 1 atom stereocenters. The third kappa shape index (κ3) is 4.19. The van der Waals surface area contributed by atoms with E-state index in [1.165, 1.54) is 23.6 Å². The van der Waals surface area contributed by atoms with Gasteiger partial charge >= 0.3 is 0 Å². The van der Waals surface area contributed by atoms with Crippen LogP contribution in [0.25, 0.3) is 5.69 Å². The summed E-state index contributed by atoms with van der Waals surface area (Å²) in [6.07, 6.45) is 4.75. The minimum absolute atomic E-state index is 0.0190. The van der Waals surface area contributed by atoms with Crippen molar-refractivity contribution in [3.8, 4) is 5.69 Å². The summed E-state index contributed by atoms with van der Waals surface area (Å²) in [7, 11) is 1.80. The fourth-order valence-electron chi connectivity index (χ4n) is 2.99. The molecule has 0 aliphatic heterocycles. The molecule has 8 nitrogen and oxygen atoms in total. The van der Waals surface area contributed by atoms with Gasteiger partial charge < -0.3 is 5.32 Å². The molecule has 1 amide bonds. The van der Waals surface area contributed by atoms with Crippen LogP contribution in [0.15, 0.2) is 42.2 Å². The van der Waals surface area contributed by atoms with E-state index in [2.05, 4.69) is 25.6 Å². The van der Waals surface area contributed by atoms with Gasteiger partial charge in [0, 0.05) is 36.8 Å². The van der Waals surface area contributed by atoms with Crippen molar-refractivity contribution in [2.75, 3.05) is 6.54 Å². The monoisotopic (exact) mass is 463 g/mol. The molecule has 3 aromatic heterocycles. The third-order valence-corrected chi connectivity index (χ3v) is 6.17. The second kappa shape index (κ2) is 8.16. The van der Waals surface area contributed by atoms with Crippen LogP contribution >= 0.6 is 22.9 Å². The molecule has 1 aromatic carbocycles. The van der Waals surface area contributed by atoms with E-state index in [-0.39, 0.29) is 17.9 Å². The van der Waals surface area contributed by atoms with Crippen LogP contribution in [0.1, 0.15) is 28.0 Å². The van der Waals surface area contributed by atoms with E-state index in [4.69, 9.17) is 11.6 Å². The number of hydrogen-bond acceptors (Lipinski definition) is 6. The highest BCUT2D eigenvalue weighted by Gasteiger charge is 2.34. The Morgan fingerprint density at radius 2 is 2.10 bits per heavy atom. The van der Waals surface area contributed by atoms with E-state index in [1.54, 1.807) is 23.3 Å². The Balaban J connectivity index is 1.56. The van der Waals surface area contributed by atoms with Gasteiger partial charge in [-0.3, -0.25) is 9.48 Å². The second-order valence-corrected chi connectivity index (χ2v) is 8.25. The molecule has 1 unspecified atom stereocenters. The van der Waals surface area contributed by atoms with Crippen LogP contribution in [0.3, 0.4) is 0 Å². The van der Waals surface area contributed by atoms with Gasteiger partial charge in [-0.25, -0.2) is 13.8 Å². The molecule has 0 fully saturated rings. The predicted molar refractivity (Wildman–Crippen MR) is 110 cm³/mol. The number of nitrogens with zero attached hydrogens (tertiary/aromatic N) is 6. The smallest absolute Gasteiger partial charge is 0.273 e. The van der Waals surface area contributed by atoms with Crippen molar-refractivity contribution in [3.63, 3.8) is 0 Å². The molecule has 0 aliphatic carbocycles. The normalized spacial score (nSPS) is 13.2. The van der Waals surface area contributed by atoms with Crippen molar-refractivity contribution in [1.29, 1.82) is 0 Å². The summed E-state index contributed by atoms with van der Waals surface area (Å²) in [4.78, 5) is 18.0. The van der Waals surface area contributed by atoms with E-state index in [1.807, 2.05) is 13.1 Å². The van der Waals surface area contributed by atoms with Gasteiger partial charge in [-0.05, 0) is 19.1 Å². The van der Waals surface area contributed by atoms with Gasteiger partial charge in [0.15, 0.2) is 11.5 Å². The molecule has 1 N–H and O–H groups in total. The Morgan fingerprint density at radius 3 is 2.74 bits per heavy atom. The van der Waals surface area contributed by atoms with E-state index in [9.17, 15) is 13.6 Å². The van der Waals surface area contributed by atoms with Gasteiger partial charge in [0.2, 0.25) is 0 Å². The molecule has 0 aliphatic rings. The number of nitrogens with one attached hydrogen (secondary N) is 1. The highest BCUT2D eigenvalue weighted by atomic mass is 35.5. The van der Waals surface area contributed by atoms with Crippen molar-refractivity contribution in [2.24, 2.45) is 7.05 Å². The molecule has 31 heavy (non-hydrogen) atoms. The molecule has 0 saturated heterocycles. The van der Waals surface area contributed by atoms with Crippen LogP contribution in [0.4, 0.5) is 8.78 Å². The van der Waals surface area contributed by atoms with E-state index >= 15 is 0 Å². The first-order valence-corrected chi connectivity index (χ1v) is 10.3. The Morgan fingerprint density at radius 1 is 1.29 bits per heavy atom. The standard InChI is InChI=1S/C19H16ClF2N7OS/c1-19(11-6-24-28(2)8-11,18-26-16(20)9-31-18)10-23-17(30)14-7-25-29(27-14)15-4-3-12(21)5-13(15)22/h3-9H,10H2,1-2H3,(H,23,30). The highest BCUT2D eigenvalue weighted by Crippen LogP contribution is 2.34. The number of thiazole rings is 1. The molecule has 0 bridgehead atoms. The lowest BCUT2D eigenvalue weighted by Crippen LogP contribution is -2.39. The Bertz CT molecular complexity index is 1210. The molecule has 4 aromatic rings. The molecule has 3 heterocycles. The maximum Gasteiger partial charge on any atom is 0.273 e. The third-order valence-electron chi connectivity index (χ3n) is 4.74.